The maximum Gasteiger partial charge on any atom is 0.125 e. The summed E-state index contributed by atoms with van der Waals surface area (Å²) in [4.78, 5) is 2.97. The van der Waals surface area contributed by atoms with Crippen LogP contribution < -0.4 is 0 Å². The van der Waals surface area contributed by atoms with E-state index in [4.69, 9.17) is 0 Å². The molecule has 0 saturated heterocycles. The fourth-order valence-corrected chi connectivity index (χ4v) is 1.78. The molecule has 1 aromatic carbocycles. The molecule has 12 heavy (non-hydrogen) atoms. The lowest BCUT2D eigenvalue weighted by Gasteiger charge is -1.98. The molecule has 0 unspecified atom stereocenters. The maximum absolute atomic E-state index is 12.9. The monoisotopic (exact) mass is 227 g/mol. The molecule has 62 valence electrons. The number of rotatable bonds is 1. The van der Waals surface area contributed by atoms with Crippen molar-refractivity contribution in [3.05, 3.63) is 35.8 Å². The van der Waals surface area contributed by atoms with E-state index in [1.54, 1.807) is 6.07 Å². The predicted molar refractivity (Wildman–Crippen MR) is 50.9 cm³/mol. The molecule has 0 bridgehead atoms. The van der Waals surface area contributed by atoms with Gasteiger partial charge in [-0.25, -0.2) is 4.39 Å². The Balaban J connectivity index is 2.80. The number of benzene rings is 1. The van der Waals surface area contributed by atoms with Crippen LogP contribution >= 0.6 is 15.9 Å². The minimum atomic E-state index is -0.195. The van der Waals surface area contributed by atoms with E-state index in [0.29, 0.717) is 5.33 Å². The van der Waals surface area contributed by atoms with Crippen molar-refractivity contribution in [1.82, 2.24) is 4.98 Å². The van der Waals surface area contributed by atoms with Gasteiger partial charge in [0.25, 0.3) is 0 Å². The van der Waals surface area contributed by atoms with Crippen LogP contribution in [0.2, 0.25) is 0 Å². The average molecular weight is 228 g/mol. The fourth-order valence-electron chi connectivity index (χ4n) is 1.32. The van der Waals surface area contributed by atoms with Crippen LogP contribution in [-0.4, -0.2) is 4.98 Å². The molecular formula is C9H7BrFN. The Kier molecular flexibility index (Phi) is 1.89. The van der Waals surface area contributed by atoms with Crippen LogP contribution in [0, 0.1) is 5.82 Å². The van der Waals surface area contributed by atoms with E-state index < -0.39 is 0 Å². The van der Waals surface area contributed by atoms with Gasteiger partial charge in [0, 0.05) is 22.4 Å². The molecule has 0 radical (unpaired) electrons. The van der Waals surface area contributed by atoms with Crippen LogP contribution in [0.1, 0.15) is 5.56 Å². The first kappa shape index (κ1) is 7.80. The van der Waals surface area contributed by atoms with Crippen molar-refractivity contribution >= 4 is 26.8 Å². The van der Waals surface area contributed by atoms with Crippen LogP contribution in [-0.2, 0) is 5.33 Å². The standard InChI is InChI=1S/C9H7BrFN/c10-5-6-3-7(11)4-9-8(6)1-2-12-9/h1-4,12H,5H2. The molecular weight excluding hydrogens is 221 g/mol. The predicted octanol–water partition coefficient (Wildman–Crippen LogP) is 3.20. The molecule has 0 aliphatic heterocycles. The zero-order chi connectivity index (χ0) is 8.55. The minimum Gasteiger partial charge on any atom is -0.361 e. The fraction of sp³-hybridized carbons (Fsp3) is 0.111. The first-order chi connectivity index (χ1) is 5.81. The molecule has 2 rings (SSSR count). The molecule has 0 spiro atoms. The van der Waals surface area contributed by atoms with Gasteiger partial charge >= 0.3 is 0 Å². The van der Waals surface area contributed by atoms with Crippen LogP contribution in [0.4, 0.5) is 4.39 Å². The van der Waals surface area contributed by atoms with Gasteiger partial charge in [0.15, 0.2) is 0 Å². The van der Waals surface area contributed by atoms with Gasteiger partial charge in [0.05, 0.1) is 0 Å². The van der Waals surface area contributed by atoms with Crippen molar-refractivity contribution in [3.63, 3.8) is 0 Å². The van der Waals surface area contributed by atoms with Gasteiger partial charge in [0.2, 0.25) is 0 Å². The van der Waals surface area contributed by atoms with E-state index in [-0.39, 0.29) is 5.82 Å². The molecule has 1 heterocycles. The van der Waals surface area contributed by atoms with Gasteiger partial charge in [-0.1, -0.05) is 15.9 Å². The highest BCUT2D eigenvalue weighted by Gasteiger charge is 2.02. The van der Waals surface area contributed by atoms with Crippen LogP contribution in [0.3, 0.4) is 0 Å². The van der Waals surface area contributed by atoms with Crippen molar-refractivity contribution in [2.75, 3.05) is 0 Å². The maximum atomic E-state index is 12.9. The SMILES string of the molecule is Fc1cc(CBr)c2cc[nH]c2c1. The lowest BCUT2D eigenvalue weighted by molar-refractivity contribution is 0.628. The van der Waals surface area contributed by atoms with Gasteiger partial charge in [-0.15, -0.1) is 0 Å². The van der Waals surface area contributed by atoms with E-state index in [9.17, 15) is 4.39 Å². The summed E-state index contributed by atoms with van der Waals surface area (Å²) < 4.78 is 12.9. The van der Waals surface area contributed by atoms with E-state index in [1.165, 1.54) is 6.07 Å². The lowest BCUT2D eigenvalue weighted by atomic mass is 10.1. The van der Waals surface area contributed by atoms with E-state index in [2.05, 4.69) is 20.9 Å². The van der Waals surface area contributed by atoms with Crippen molar-refractivity contribution in [2.45, 2.75) is 5.33 Å². The largest absolute Gasteiger partial charge is 0.361 e. The molecule has 0 amide bonds. The summed E-state index contributed by atoms with van der Waals surface area (Å²) in [6, 6.07) is 5.00. The lowest BCUT2D eigenvalue weighted by Crippen LogP contribution is -1.82. The van der Waals surface area contributed by atoms with Crippen molar-refractivity contribution in [3.8, 4) is 0 Å². The van der Waals surface area contributed by atoms with Crippen LogP contribution in [0.15, 0.2) is 24.4 Å². The Hall–Kier alpha value is -0.830. The zero-order valence-electron chi connectivity index (χ0n) is 6.27. The molecule has 2 aromatic rings. The summed E-state index contributed by atoms with van der Waals surface area (Å²) in [6.07, 6.45) is 1.82. The summed E-state index contributed by atoms with van der Waals surface area (Å²) in [5.74, 6) is -0.195. The number of hydrogen-bond acceptors (Lipinski definition) is 0. The zero-order valence-corrected chi connectivity index (χ0v) is 7.86. The Morgan fingerprint density at radius 1 is 1.42 bits per heavy atom. The number of aromatic nitrogens is 1. The third kappa shape index (κ3) is 1.14. The highest BCUT2D eigenvalue weighted by molar-refractivity contribution is 9.08. The number of hydrogen-bond donors (Lipinski definition) is 1. The quantitative estimate of drug-likeness (QED) is 0.721. The average Bonchev–Trinajstić information content (AvgIpc) is 2.50. The number of aromatic amines is 1. The smallest absolute Gasteiger partial charge is 0.125 e. The summed E-state index contributed by atoms with van der Waals surface area (Å²) in [5.41, 5.74) is 1.83. The highest BCUT2D eigenvalue weighted by atomic mass is 79.9. The van der Waals surface area contributed by atoms with E-state index in [1.807, 2.05) is 12.3 Å². The van der Waals surface area contributed by atoms with Gasteiger partial charge < -0.3 is 4.98 Å². The topological polar surface area (TPSA) is 15.8 Å². The molecule has 0 atom stereocenters. The number of halogens is 2. The van der Waals surface area contributed by atoms with Crippen molar-refractivity contribution < 1.29 is 4.39 Å². The molecule has 1 N–H and O–H groups in total. The van der Waals surface area contributed by atoms with Crippen LogP contribution in [0.5, 0.6) is 0 Å². The highest BCUT2D eigenvalue weighted by Crippen LogP contribution is 2.21. The number of nitrogens with one attached hydrogen (secondary N) is 1. The van der Waals surface area contributed by atoms with Gasteiger partial charge in [-0.3, -0.25) is 0 Å². The molecule has 0 aliphatic rings. The van der Waals surface area contributed by atoms with Crippen molar-refractivity contribution in [2.24, 2.45) is 0 Å². The second-order valence-electron chi connectivity index (χ2n) is 2.64. The first-order valence-corrected chi connectivity index (χ1v) is 4.75. The Morgan fingerprint density at radius 3 is 3.00 bits per heavy atom. The minimum absolute atomic E-state index is 0.195. The number of alkyl halides is 1. The molecule has 0 aliphatic carbocycles. The molecule has 3 heteroatoms. The summed E-state index contributed by atoms with van der Waals surface area (Å²) in [5, 5.41) is 1.76. The number of fused-ring (bicyclic) bond motifs is 1. The first-order valence-electron chi connectivity index (χ1n) is 3.63. The van der Waals surface area contributed by atoms with Gasteiger partial charge in [-0.05, 0) is 23.8 Å². The normalized spacial score (nSPS) is 10.8. The summed E-state index contributed by atoms with van der Waals surface area (Å²) in [7, 11) is 0. The van der Waals surface area contributed by atoms with Crippen LogP contribution in [0.25, 0.3) is 10.9 Å². The third-order valence-electron chi connectivity index (χ3n) is 1.86. The Morgan fingerprint density at radius 2 is 2.25 bits per heavy atom. The van der Waals surface area contributed by atoms with Crippen molar-refractivity contribution in [1.29, 1.82) is 0 Å². The second kappa shape index (κ2) is 2.90. The van der Waals surface area contributed by atoms with Gasteiger partial charge in [-0.2, -0.15) is 0 Å². The van der Waals surface area contributed by atoms with E-state index in [0.717, 1.165) is 16.5 Å². The summed E-state index contributed by atoms with van der Waals surface area (Å²) in [6.45, 7) is 0. The Bertz CT molecular complexity index is 408. The summed E-state index contributed by atoms with van der Waals surface area (Å²) >= 11 is 3.32. The molecule has 1 aromatic heterocycles. The molecule has 1 nitrogen and oxygen atoms in total. The third-order valence-corrected chi connectivity index (χ3v) is 2.47. The second-order valence-corrected chi connectivity index (χ2v) is 3.20. The van der Waals surface area contributed by atoms with E-state index >= 15 is 0 Å². The molecule has 0 saturated carbocycles. The molecule has 0 fully saturated rings. The number of H-pyrrole nitrogens is 1. The van der Waals surface area contributed by atoms with Gasteiger partial charge in [0.1, 0.15) is 5.82 Å². The Labute approximate surface area is 77.7 Å².